The molecular formula is C15H19Cl2N5O3. The van der Waals surface area contributed by atoms with Gasteiger partial charge < -0.3 is 20.3 Å². The molecule has 4 atom stereocenters. The van der Waals surface area contributed by atoms with Crippen LogP contribution >= 0.6 is 23.2 Å². The summed E-state index contributed by atoms with van der Waals surface area (Å²) >= 11 is 11.9. The number of halogens is 2. The number of aliphatic hydroxyl groups is 2. The van der Waals surface area contributed by atoms with Gasteiger partial charge in [0, 0.05) is 6.04 Å². The van der Waals surface area contributed by atoms with Gasteiger partial charge in [-0.15, -0.1) is 11.6 Å². The van der Waals surface area contributed by atoms with Crippen LogP contribution in [0.4, 0.5) is 5.82 Å². The van der Waals surface area contributed by atoms with Gasteiger partial charge in [-0.2, -0.15) is 9.97 Å². The third-order valence-electron chi connectivity index (χ3n) is 4.85. The number of hydrogen-bond donors (Lipinski definition) is 3. The van der Waals surface area contributed by atoms with Crippen LogP contribution in [0.1, 0.15) is 31.9 Å². The average Bonchev–Trinajstić information content (AvgIpc) is 3.29. The number of anilines is 1. The Labute approximate surface area is 154 Å². The first kappa shape index (κ1) is 17.2. The number of aromatic nitrogens is 4. The van der Waals surface area contributed by atoms with Crippen molar-refractivity contribution in [3.63, 3.8) is 0 Å². The van der Waals surface area contributed by atoms with Crippen LogP contribution in [0.2, 0.25) is 5.28 Å². The zero-order chi connectivity index (χ0) is 17.6. The van der Waals surface area contributed by atoms with Crippen molar-refractivity contribution in [3.8, 4) is 0 Å². The quantitative estimate of drug-likeness (QED) is 0.541. The van der Waals surface area contributed by atoms with Gasteiger partial charge in [0.05, 0.1) is 12.2 Å². The third-order valence-corrected chi connectivity index (χ3v) is 5.33. The lowest BCUT2D eigenvalue weighted by Crippen LogP contribution is -2.32. The standard InChI is InChI=1S/C15H19Cl2N5O3/c16-5-8-10(23)11(24)14(25-8)22-6-18-9-12(19-7-3-1-2-4-7)20-15(17)21-13(9)22/h6-8,10-11,14,23-24H,1-5H2,(H,19,20,21)/t8-,10-,11-,14-/m1/s1. The number of fused-ring (bicyclic) bond motifs is 1. The molecule has 0 aromatic carbocycles. The van der Waals surface area contributed by atoms with Gasteiger partial charge in [-0.05, 0) is 24.4 Å². The number of nitrogens with one attached hydrogen (secondary N) is 1. The van der Waals surface area contributed by atoms with Crippen molar-refractivity contribution in [2.75, 3.05) is 11.2 Å². The molecule has 0 bridgehead atoms. The van der Waals surface area contributed by atoms with Gasteiger partial charge in [0.2, 0.25) is 5.28 Å². The predicted molar refractivity (Wildman–Crippen MR) is 92.9 cm³/mol. The van der Waals surface area contributed by atoms with E-state index in [9.17, 15) is 10.2 Å². The van der Waals surface area contributed by atoms with Crippen molar-refractivity contribution in [2.24, 2.45) is 0 Å². The lowest BCUT2D eigenvalue weighted by molar-refractivity contribution is -0.0291. The van der Waals surface area contributed by atoms with E-state index in [1.807, 2.05) is 0 Å². The number of alkyl halides is 1. The highest BCUT2D eigenvalue weighted by molar-refractivity contribution is 6.28. The molecule has 1 saturated heterocycles. The summed E-state index contributed by atoms with van der Waals surface area (Å²) in [6, 6.07) is 0.343. The second-order valence-electron chi connectivity index (χ2n) is 6.49. The van der Waals surface area contributed by atoms with Crippen LogP contribution in [-0.2, 0) is 4.74 Å². The number of hydrogen-bond acceptors (Lipinski definition) is 7. The molecule has 10 heteroatoms. The first-order chi connectivity index (χ1) is 12.1. The summed E-state index contributed by atoms with van der Waals surface area (Å²) in [5, 5.41) is 23.8. The van der Waals surface area contributed by atoms with E-state index in [0.717, 1.165) is 12.8 Å². The molecule has 2 aliphatic rings. The van der Waals surface area contributed by atoms with Crippen molar-refractivity contribution in [1.29, 1.82) is 0 Å². The van der Waals surface area contributed by atoms with Crippen molar-refractivity contribution in [2.45, 2.75) is 56.3 Å². The fourth-order valence-corrected chi connectivity index (χ4v) is 3.95. The smallest absolute Gasteiger partial charge is 0.226 e. The van der Waals surface area contributed by atoms with Crippen LogP contribution in [-0.4, -0.2) is 60.0 Å². The second-order valence-corrected chi connectivity index (χ2v) is 7.14. The highest BCUT2D eigenvalue weighted by Crippen LogP contribution is 2.33. The van der Waals surface area contributed by atoms with Crippen molar-refractivity contribution in [1.82, 2.24) is 19.5 Å². The van der Waals surface area contributed by atoms with Crippen LogP contribution in [0.5, 0.6) is 0 Å². The van der Waals surface area contributed by atoms with Crippen molar-refractivity contribution >= 4 is 40.2 Å². The Morgan fingerprint density at radius 1 is 1.24 bits per heavy atom. The van der Waals surface area contributed by atoms with Crippen LogP contribution in [0, 0.1) is 0 Å². The first-order valence-corrected chi connectivity index (χ1v) is 9.24. The molecule has 0 spiro atoms. The topological polar surface area (TPSA) is 105 Å². The molecule has 4 rings (SSSR count). The zero-order valence-electron chi connectivity index (χ0n) is 13.3. The summed E-state index contributed by atoms with van der Waals surface area (Å²) in [5.41, 5.74) is 0.989. The normalized spacial score (nSPS) is 30.4. The summed E-state index contributed by atoms with van der Waals surface area (Å²) in [6.45, 7) is 0. The molecule has 2 aromatic rings. The minimum absolute atomic E-state index is 0.0750. The first-order valence-electron chi connectivity index (χ1n) is 8.32. The van der Waals surface area contributed by atoms with Gasteiger partial charge in [-0.1, -0.05) is 12.8 Å². The molecule has 25 heavy (non-hydrogen) atoms. The van der Waals surface area contributed by atoms with E-state index in [1.54, 1.807) is 4.57 Å². The highest BCUT2D eigenvalue weighted by Gasteiger charge is 2.44. The van der Waals surface area contributed by atoms with Gasteiger partial charge in [0.15, 0.2) is 23.2 Å². The monoisotopic (exact) mass is 387 g/mol. The predicted octanol–water partition coefficient (Wildman–Crippen LogP) is 1.69. The number of rotatable bonds is 4. The Morgan fingerprint density at radius 2 is 2.00 bits per heavy atom. The van der Waals surface area contributed by atoms with E-state index in [1.165, 1.54) is 19.2 Å². The maximum atomic E-state index is 10.3. The van der Waals surface area contributed by atoms with E-state index in [2.05, 4.69) is 20.3 Å². The summed E-state index contributed by atoms with van der Waals surface area (Å²) in [5.74, 6) is 0.647. The highest BCUT2D eigenvalue weighted by atomic mass is 35.5. The molecule has 0 radical (unpaired) electrons. The molecule has 3 heterocycles. The Balaban J connectivity index is 1.70. The number of imidazole rings is 1. The van der Waals surface area contributed by atoms with E-state index < -0.39 is 24.5 Å². The molecule has 0 unspecified atom stereocenters. The lowest BCUT2D eigenvalue weighted by Gasteiger charge is -2.17. The molecule has 8 nitrogen and oxygen atoms in total. The molecule has 1 saturated carbocycles. The third kappa shape index (κ3) is 3.06. The van der Waals surface area contributed by atoms with Gasteiger partial charge in [0.25, 0.3) is 0 Å². The van der Waals surface area contributed by atoms with Crippen LogP contribution in [0.3, 0.4) is 0 Å². The van der Waals surface area contributed by atoms with Gasteiger partial charge in [0.1, 0.15) is 18.3 Å². The maximum absolute atomic E-state index is 10.3. The minimum Gasteiger partial charge on any atom is -0.387 e. The Hall–Kier alpha value is -1.19. The summed E-state index contributed by atoms with van der Waals surface area (Å²) in [4.78, 5) is 12.9. The fourth-order valence-electron chi connectivity index (χ4n) is 3.53. The molecule has 0 amide bonds. The second kappa shape index (κ2) is 6.85. The average molecular weight is 388 g/mol. The van der Waals surface area contributed by atoms with Crippen LogP contribution in [0.15, 0.2) is 6.33 Å². The Morgan fingerprint density at radius 3 is 2.68 bits per heavy atom. The van der Waals surface area contributed by atoms with E-state index in [4.69, 9.17) is 27.9 Å². The largest absolute Gasteiger partial charge is 0.387 e. The summed E-state index contributed by atoms with van der Waals surface area (Å²) in [7, 11) is 0. The SMILES string of the molecule is O[C@@H]1[C@H](O)[C@@H](CCl)O[C@H]1n1cnc2c(NC3CCCC3)nc(Cl)nc21. The number of aliphatic hydroxyl groups excluding tert-OH is 2. The molecule has 2 aromatic heterocycles. The molecule has 136 valence electrons. The fraction of sp³-hybridized carbons (Fsp3) is 0.667. The van der Waals surface area contributed by atoms with E-state index >= 15 is 0 Å². The van der Waals surface area contributed by atoms with E-state index in [0.29, 0.717) is 23.0 Å². The summed E-state index contributed by atoms with van der Waals surface area (Å²) in [6.07, 6.45) is 2.33. The number of nitrogens with zero attached hydrogens (tertiary/aromatic N) is 4. The van der Waals surface area contributed by atoms with Gasteiger partial charge >= 0.3 is 0 Å². The van der Waals surface area contributed by atoms with Crippen LogP contribution < -0.4 is 5.32 Å². The molecule has 1 aliphatic heterocycles. The Kier molecular flexibility index (Phi) is 4.72. The zero-order valence-corrected chi connectivity index (χ0v) is 14.9. The van der Waals surface area contributed by atoms with Crippen molar-refractivity contribution in [3.05, 3.63) is 11.6 Å². The lowest BCUT2D eigenvalue weighted by atomic mass is 10.1. The summed E-state index contributed by atoms with van der Waals surface area (Å²) < 4.78 is 7.23. The molecule has 2 fully saturated rings. The molecule has 1 aliphatic carbocycles. The van der Waals surface area contributed by atoms with E-state index in [-0.39, 0.29) is 11.2 Å². The van der Waals surface area contributed by atoms with Gasteiger partial charge in [-0.25, -0.2) is 4.98 Å². The minimum atomic E-state index is -1.14. The molecule has 3 N–H and O–H groups in total. The van der Waals surface area contributed by atoms with Crippen LogP contribution in [0.25, 0.3) is 11.2 Å². The number of ether oxygens (including phenoxy) is 1. The Bertz CT molecular complexity index is 767. The van der Waals surface area contributed by atoms with Gasteiger partial charge in [-0.3, -0.25) is 4.57 Å². The molecular weight excluding hydrogens is 369 g/mol. The van der Waals surface area contributed by atoms with Crippen molar-refractivity contribution < 1.29 is 14.9 Å². The maximum Gasteiger partial charge on any atom is 0.226 e.